The van der Waals surface area contributed by atoms with Gasteiger partial charge in [-0.25, -0.2) is 4.39 Å². The van der Waals surface area contributed by atoms with Crippen LogP contribution in [0.1, 0.15) is 0 Å². The van der Waals surface area contributed by atoms with Crippen molar-refractivity contribution in [3.05, 3.63) is 36.3 Å². The molecule has 1 saturated heterocycles. The molecule has 1 aliphatic rings. The molecule has 0 spiro atoms. The molecule has 0 aliphatic carbocycles. The molecule has 3 aromatic rings. The molecule has 0 radical (unpaired) electrons. The maximum Gasteiger partial charge on any atom is 0.229 e. The highest BCUT2D eigenvalue weighted by Crippen LogP contribution is 2.25. The fourth-order valence-corrected chi connectivity index (χ4v) is 3.04. The van der Waals surface area contributed by atoms with Gasteiger partial charge >= 0.3 is 0 Å². The van der Waals surface area contributed by atoms with E-state index in [-0.39, 0.29) is 12.4 Å². The number of β-amino-alcohol motifs (C(OH)–C–C–N with tert-alkyl or cyclic N) is 1. The third-order valence-electron chi connectivity index (χ3n) is 4.48. The van der Waals surface area contributed by atoms with Gasteiger partial charge in [-0.3, -0.25) is 10.00 Å². The second-order valence-electron chi connectivity index (χ2n) is 6.19. The minimum absolute atomic E-state index is 0.169. The van der Waals surface area contributed by atoms with Crippen molar-refractivity contribution in [3.63, 3.8) is 0 Å². The number of halogens is 1. The number of rotatable bonds is 5. The van der Waals surface area contributed by atoms with E-state index in [1.807, 2.05) is 0 Å². The zero-order valence-corrected chi connectivity index (χ0v) is 14.2. The maximum absolute atomic E-state index is 13.1. The van der Waals surface area contributed by atoms with Crippen molar-refractivity contribution in [3.8, 4) is 0 Å². The summed E-state index contributed by atoms with van der Waals surface area (Å²) in [5.74, 6) is 0.964. The van der Waals surface area contributed by atoms with Crippen molar-refractivity contribution in [1.82, 2.24) is 25.1 Å². The van der Waals surface area contributed by atoms with Gasteiger partial charge in [-0.05, 0) is 24.3 Å². The fourth-order valence-electron chi connectivity index (χ4n) is 3.04. The zero-order chi connectivity index (χ0) is 17.9. The lowest BCUT2D eigenvalue weighted by atomic mass is 10.3. The van der Waals surface area contributed by atoms with E-state index in [4.69, 9.17) is 5.11 Å². The fraction of sp³-hybridized carbons (Fsp3) is 0.353. The van der Waals surface area contributed by atoms with Gasteiger partial charge in [0.15, 0.2) is 5.65 Å². The molecular weight excluding hydrogens is 337 g/mol. The predicted molar refractivity (Wildman–Crippen MR) is 97.1 cm³/mol. The van der Waals surface area contributed by atoms with Gasteiger partial charge in [0.25, 0.3) is 0 Å². The highest BCUT2D eigenvalue weighted by atomic mass is 19.1. The number of aliphatic hydroxyl groups excluding tert-OH is 1. The van der Waals surface area contributed by atoms with Gasteiger partial charge in [-0.2, -0.15) is 15.1 Å². The van der Waals surface area contributed by atoms with E-state index in [1.165, 1.54) is 12.1 Å². The number of benzene rings is 1. The van der Waals surface area contributed by atoms with Gasteiger partial charge in [0, 0.05) is 38.4 Å². The molecule has 3 N–H and O–H groups in total. The third kappa shape index (κ3) is 3.44. The van der Waals surface area contributed by atoms with E-state index < -0.39 is 0 Å². The summed E-state index contributed by atoms with van der Waals surface area (Å²) in [6.07, 6.45) is 1.67. The summed E-state index contributed by atoms with van der Waals surface area (Å²) in [5, 5.41) is 20.0. The number of aromatic nitrogens is 4. The van der Waals surface area contributed by atoms with Crippen LogP contribution in [0.25, 0.3) is 11.0 Å². The second-order valence-corrected chi connectivity index (χ2v) is 6.19. The number of aliphatic hydroxyl groups is 1. The molecule has 4 rings (SSSR count). The topological polar surface area (TPSA) is 93.2 Å². The lowest BCUT2D eigenvalue weighted by molar-refractivity contribution is 0.188. The first-order valence-corrected chi connectivity index (χ1v) is 8.55. The largest absolute Gasteiger partial charge is 0.395 e. The molecule has 1 aromatic carbocycles. The van der Waals surface area contributed by atoms with Crippen LogP contribution in [0.15, 0.2) is 30.5 Å². The molecule has 0 atom stereocenters. The number of H-pyrrole nitrogens is 1. The summed E-state index contributed by atoms with van der Waals surface area (Å²) >= 11 is 0. The summed E-state index contributed by atoms with van der Waals surface area (Å²) in [6.45, 7) is 4.14. The first kappa shape index (κ1) is 16.7. The Morgan fingerprint density at radius 1 is 1.12 bits per heavy atom. The Kier molecular flexibility index (Phi) is 4.63. The Hall–Kier alpha value is -2.78. The average Bonchev–Trinajstić information content (AvgIpc) is 3.13. The van der Waals surface area contributed by atoms with Gasteiger partial charge in [-0.15, -0.1) is 0 Å². The van der Waals surface area contributed by atoms with Gasteiger partial charge < -0.3 is 15.3 Å². The quantitative estimate of drug-likeness (QED) is 0.635. The number of nitrogens with one attached hydrogen (secondary N) is 2. The smallest absolute Gasteiger partial charge is 0.229 e. The Labute approximate surface area is 149 Å². The molecule has 136 valence electrons. The number of aromatic amines is 1. The Morgan fingerprint density at radius 3 is 2.62 bits per heavy atom. The van der Waals surface area contributed by atoms with Crippen molar-refractivity contribution in [1.29, 1.82) is 0 Å². The number of nitrogens with zero attached hydrogens (tertiary/aromatic N) is 5. The van der Waals surface area contributed by atoms with E-state index in [2.05, 4.69) is 35.3 Å². The second kappa shape index (κ2) is 7.22. The molecule has 0 saturated carbocycles. The van der Waals surface area contributed by atoms with Crippen molar-refractivity contribution in [2.75, 3.05) is 49.5 Å². The molecule has 2 aromatic heterocycles. The molecule has 0 bridgehead atoms. The Balaban J connectivity index is 1.59. The molecule has 26 heavy (non-hydrogen) atoms. The highest BCUT2D eigenvalue weighted by Gasteiger charge is 2.20. The molecular formula is C17H20FN7O. The maximum atomic E-state index is 13.1. The number of fused-ring (bicyclic) bond motifs is 1. The monoisotopic (exact) mass is 357 g/mol. The zero-order valence-electron chi connectivity index (χ0n) is 14.2. The van der Waals surface area contributed by atoms with Gasteiger partial charge in [0.2, 0.25) is 5.95 Å². The molecule has 0 amide bonds. The summed E-state index contributed by atoms with van der Waals surface area (Å²) in [4.78, 5) is 13.6. The van der Waals surface area contributed by atoms with E-state index in [1.54, 1.807) is 18.3 Å². The minimum atomic E-state index is -0.284. The average molecular weight is 357 g/mol. The molecule has 1 aliphatic heterocycles. The Morgan fingerprint density at radius 2 is 1.88 bits per heavy atom. The van der Waals surface area contributed by atoms with Crippen LogP contribution in [0, 0.1) is 5.82 Å². The molecule has 1 fully saturated rings. The van der Waals surface area contributed by atoms with Crippen molar-refractivity contribution >= 4 is 28.5 Å². The van der Waals surface area contributed by atoms with Crippen LogP contribution in [-0.2, 0) is 0 Å². The lowest BCUT2D eigenvalue weighted by Gasteiger charge is -2.34. The van der Waals surface area contributed by atoms with Crippen LogP contribution in [0.4, 0.5) is 21.8 Å². The predicted octanol–water partition coefficient (Wildman–Crippen LogP) is 1.35. The van der Waals surface area contributed by atoms with E-state index >= 15 is 0 Å². The van der Waals surface area contributed by atoms with E-state index in [0.717, 1.165) is 37.3 Å². The number of piperazine rings is 1. The number of anilines is 3. The third-order valence-corrected chi connectivity index (χ3v) is 4.48. The summed E-state index contributed by atoms with van der Waals surface area (Å²) in [6, 6.07) is 6.13. The normalized spacial score (nSPS) is 15.5. The van der Waals surface area contributed by atoms with Crippen LogP contribution in [0.5, 0.6) is 0 Å². The summed E-state index contributed by atoms with van der Waals surface area (Å²) in [7, 11) is 0. The van der Waals surface area contributed by atoms with E-state index in [9.17, 15) is 4.39 Å². The first-order chi connectivity index (χ1) is 12.7. The summed E-state index contributed by atoms with van der Waals surface area (Å²) in [5.41, 5.74) is 1.39. The first-order valence-electron chi connectivity index (χ1n) is 8.55. The van der Waals surface area contributed by atoms with E-state index in [0.29, 0.717) is 24.0 Å². The van der Waals surface area contributed by atoms with Crippen molar-refractivity contribution in [2.45, 2.75) is 0 Å². The van der Waals surface area contributed by atoms with Gasteiger partial charge in [0.1, 0.15) is 11.6 Å². The standard InChI is InChI=1S/C17H20FN7O/c18-12-1-3-13(4-2-12)20-15-14-11-19-23-16(14)22-17(21-15)25-7-5-24(6-8-25)9-10-26/h1-4,11,26H,5-10H2,(H2,19,20,21,22,23). The summed E-state index contributed by atoms with van der Waals surface area (Å²) < 4.78 is 13.1. The van der Waals surface area contributed by atoms with Crippen LogP contribution < -0.4 is 10.2 Å². The molecule has 8 nitrogen and oxygen atoms in total. The SMILES string of the molecule is OCCN1CCN(c2nc(Nc3ccc(F)cc3)c3cn[nH]c3n2)CC1. The molecule has 3 heterocycles. The number of hydrogen-bond acceptors (Lipinski definition) is 7. The Bertz CT molecular complexity index is 874. The van der Waals surface area contributed by atoms with Crippen LogP contribution in [-0.4, -0.2) is 69.5 Å². The van der Waals surface area contributed by atoms with Crippen LogP contribution in [0.3, 0.4) is 0 Å². The van der Waals surface area contributed by atoms with Crippen molar-refractivity contribution < 1.29 is 9.50 Å². The van der Waals surface area contributed by atoms with Gasteiger partial charge in [0.05, 0.1) is 18.2 Å². The minimum Gasteiger partial charge on any atom is -0.395 e. The van der Waals surface area contributed by atoms with Gasteiger partial charge in [-0.1, -0.05) is 0 Å². The molecule has 0 unspecified atom stereocenters. The van der Waals surface area contributed by atoms with Crippen LogP contribution >= 0.6 is 0 Å². The lowest BCUT2D eigenvalue weighted by Crippen LogP contribution is -2.47. The highest BCUT2D eigenvalue weighted by molar-refractivity contribution is 5.89. The van der Waals surface area contributed by atoms with Crippen molar-refractivity contribution in [2.24, 2.45) is 0 Å². The van der Waals surface area contributed by atoms with Crippen LogP contribution in [0.2, 0.25) is 0 Å². The number of hydrogen-bond donors (Lipinski definition) is 3. The molecule has 9 heteroatoms.